The number of carbonyl (C=O) groups is 4. The van der Waals surface area contributed by atoms with Crippen LogP contribution in [-0.4, -0.2) is 59.2 Å². The van der Waals surface area contributed by atoms with Crippen LogP contribution in [0.5, 0.6) is 0 Å². The van der Waals surface area contributed by atoms with Crippen molar-refractivity contribution in [3.63, 3.8) is 0 Å². The lowest BCUT2D eigenvalue weighted by Crippen LogP contribution is -2.47. The minimum atomic E-state index is -1.00. The van der Waals surface area contributed by atoms with Crippen molar-refractivity contribution in [3.8, 4) is 0 Å². The van der Waals surface area contributed by atoms with Crippen molar-refractivity contribution in [1.29, 1.82) is 0 Å². The van der Waals surface area contributed by atoms with Gasteiger partial charge >= 0.3 is 17.8 Å². The first kappa shape index (κ1) is 21.1. The van der Waals surface area contributed by atoms with Crippen LogP contribution in [0.1, 0.15) is 20.3 Å². The highest BCUT2D eigenvalue weighted by atomic mass is 35.5. The quantitative estimate of drug-likeness (QED) is 0.361. The molecule has 1 saturated heterocycles. The van der Waals surface area contributed by atoms with E-state index in [4.69, 9.17) is 5.73 Å². The Bertz CT molecular complexity index is 495. The molecule has 0 saturated carbocycles. The Morgan fingerprint density at radius 2 is 1.83 bits per heavy atom. The zero-order valence-electron chi connectivity index (χ0n) is 13.3. The molecule has 9 heteroatoms. The number of hydrogen-bond donors (Lipinski definition) is 2. The van der Waals surface area contributed by atoms with Gasteiger partial charge in [-0.3, -0.25) is 19.3 Å². The van der Waals surface area contributed by atoms with Gasteiger partial charge in [0, 0.05) is 19.1 Å². The van der Waals surface area contributed by atoms with Crippen LogP contribution in [0.2, 0.25) is 0 Å². The van der Waals surface area contributed by atoms with Crippen LogP contribution in [0.4, 0.5) is 4.79 Å². The maximum absolute atomic E-state index is 11.9. The van der Waals surface area contributed by atoms with E-state index in [1.165, 1.54) is 6.08 Å². The van der Waals surface area contributed by atoms with Gasteiger partial charge in [0.2, 0.25) is 5.91 Å². The topological polar surface area (TPSA) is 113 Å². The normalized spacial score (nSPS) is 15.7. The van der Waals surface area contributed by atoms with Crippen molar-refractivity contribution >= 4 is 36.2 Å². The summed E-state index contributed by atoms with van der Waals surface area (Å²) in [6.07, 6.45) is 2.02. The summed E-state index contributed by atoms with van der Waals surface area (Å²) < 4.78 is 0. The molecule has 0 aliphatic carbocycles. The van der Waals surface area contributed by atoms with Crippen molar-refractivity contribution in [1.82, 2.24) is 15.1 Å². The highest BCUT2D eigenvalue weighted by molar-refractivity contribution is 6.45. The summed E-state index contributed by atoms with van der Waals surface area (Å²) in [6, 6.07) is -1.04. The first-order valence-corrected chi connectivity index (χ1v) is 7.09. The molecule has 1 heterocycles. The lowest BCUT2D eigenvalue weighted by Gasteiger charge is -2.20. The summed E-state index contributed by atoms with van der Waals surface area (Å²) in [6.45, 7) is 7.10. The number of rotatable bonds is 8. The van der Waals surface area contributed by atoms with Crippen LogP contribution in [0.3, 0.4) is 0 Å². The molecule has 0 aromatic rings. The third-order valence-corrected chi connectivity index (χ3v) is 3.15. The Morgan fingerprint density at radius 1 is 1.26 bits per heavy atom. The molecule has 1 atom stereocenters. The van der Waals surface area contributed by atoms with Crippen LogP contribution in [0, 0.1) is 5.92 Å². The summed E-state index contributed by atoms with van der Waals surface area (Å²) in [7, 11) is 0. The van der Waals surface area contributed by atoms with Gasteiger partial charge in [0.05, 0.1) is 0 Å². The first-order chi connectivity index (χ1) is 10.3. The Morgan fingerprint density at radius 3 is 2.30 bits per heavy atom. The van der Waals surface area contributed by atoms with E-state index in [-0.39, 0.29) is 31.5 Å². The van der Waals surface area contributed by atoms with E-state index in [1.54, 1.807) is 0 Å². The van der Waals surface area contributed by atoms with E-state index in [2.05, 4.69) is 11.9 Å². The zero-order chi connectivity index (χ0) is 16.9. The van der Waals surface area contributed by atoms with E-state index >= 15 is 0 Å². The van der Waals surface area contributed by atoms with Crippen molar-refractivity contribution in [2.24, 2.45) is 11.7 Å². The summed E-state index contributed by atoms with van der Waals surface area (Å²) in [5, 5.41) is 2.67. The Kier molecular flexibility index (Phi) is 8.49. The molecule has 0 radical (unpaired) electrons. The highest BCUT2D eigenvalue weighted by Crippen LogP contribution is 2.11. The number of halogens is 1. The Balaban J connectivity index is 0.00000484. The third-order valence-electron chi connectivity index (χ3n) is 3.15. The molecule has 3 N–H and O–H groups in total. The molecule has 1 rings (SSSR count). The summed E-state index contributed by atoms with van der Waals surface area (Å²) in [5.41, 5.74) is 5.58. The average molecular weight is 347 g/mol. The maximum Gasteiger partial charge on any atom is 0.335 e. The Labute approximate surface area is 141 Å². The van der Waals surface area contributed by atoms with Crippen LogP contribution >= 0.6 is 12.4 Å². The van der Waals surface area contributed by atoms with Crippen LogP contribution < -0.4 is 11.1 Å². The number of nitrogens with one attached hydrogen (secondary N) is 1. The van der Waals surface area contributed by atoms with Gasteiger partial charge in [-0.1, -0.05) is 19.9 Å². The molecule has 1 aliphatic heterocycles. The van der Waals surface area contributed by atoms with E-state index < -0.39 is 30.3 Å². The van der Waals surface area contributed by atoms with E-state index in [0.29, 0.717) is 17.2 Å². The number of carbonyl (C=O) groups excluding carboxylic acids is 4. The second kappa shape index (κ2) is 9.26. The van der Waals surface area contributed by atoms with E-state index in [0.717, 1.165) is 4.90 Å². The molecule has 1 fully saturated rings. The summed E-state index contributed by atoms with van der Waals surface area (Å²) in [4.78, 5) is 48.6. The van der Waals surface area contributed by atoms with Gasteiger partial charge in [0.1, 0.15) is 6.54 Å². The van der Waals surface area contributed by atoms with Gasteiger partial charge in [-0.05, 0) is 12.3 Å². The van der Waals surface area contributed by atoms with Crippen molar-refractivity contribution in [2.45, 2.75) is 26.3 Å². The lowest BCUT2D eigenvalue weighted by molar-refractivity contribution is -0.143. The predicted octanol–water partition coefficient (Wildman–Crippen LogP) is -0.125. The second-order valence-corrected chi connectivity index (χ2v) is 5.51. The van der Waals surface area contributed by atoms with Crippen molar-refractivity contribution in [2.75, 3.05) is 19.6 Å². The number of hydrogen-bond acceptors (Lipinski definition) is 5. The Hall–Kier alpha value is -1.93. The molecular weight excluding hydrogens is 324 g/mol. The molecule has 0 aromatic carbocycles. The molecule has 23 heavy (non-hydrogen) atoms. The third kappa shape index (κ3) is 5.33. The minimum absolute atomic E-state index is 0. The fourth-order valence-corrected chi connectivity index (χ4v) is 2.18. The number of nitrogens with zero attached hydrogens (tertiary/aromatic N) is 2. The molecule has 1 aliphatic rings. The summed E-state index contributed by atoms with van der Waals surface area (Å²) in [5.74, 6) is -2.13. The second-order valence-electron chi connectivity index (χ2n) is 5.51. The fourth-order valence-electron chi connectivity index (χ4n) is 2.18. The number of imide groups is 2. The number of nitrogens with two attached hydrogens (primary N) is 1. The molecule has 1 unspecified atom stereocenters. The number of amides is 5. The maximum atomic E-state index is 11.9. The average Bonchev–Trinajstić information content (AvgIpc) is 2.64. The molecule has 0 spiro atoms. The van der Waals surface area contributed by atoms with Crippen molar-refractivity contribution < 1.29 is 19.2 Å². The standard InChI is InChI=1S/C14H22N4O4.ClH/c1-4-5-17-12(20)13(21)18(14(17)22)8-11(19)16-10(7-15)6-9(2)3;/h4,9-10H,1,5-8,15H2,2-3H3,(H,16,19);1H. The molecule has 0 aromatic heterocycles. The van der Waals surface area contributed by atoms with Crippen molar-refractivity contribution in [3.05, 3.63) is 12.7 Å². The first-order valence-electron chi connectivity index (χ1n) is 7.09. The molecule has 130 valence electrons. The monoisotopic (exact) mass is 346 g/mol. The molecule has 5 amide bonds. The van der Waals surface area contributed by atoms with Crippen LogP contribution in [-0.2, 0) is 14.4 Å². The van der Waals surface area contributed by atoms with E-state index in [1.807, 2.05) is 13.8 Å². The smallest absolute Gasteiger partial charge is 0.335 e. The highest BCUT2D eigenvalue weighted by Gasteiger charge is 2.44. The zero-order valence-corrected chi connectivity index (χ0v) is 14.1. The SMILES string of the molecule is C=CCN1C(=O)C(=O)N(CC(=O)NC(CN)CC(C)C)C1=O.Cl. The summed E-state index contributed by atoms with van der Waals surface area (Å²) >= 11 is 0. The van der Waals surface area contributed by atoms with Gasteiger partial charge < -0.3 is 11.1 Å². The van der Waals surface area contributed by atoms with Crippen LogP contribution in [0.25, 0.3) is 0 Å². The predicted molar refractivity (Wildman–Crippen MR) is 86.7 cm³/mol. The van der Waals surface area contributed by atoms with E-state index in [9.17, 15) is 19.2 Å². The molecule has 0 bridgehead atoms. The van der Waals surface area contributed by atoms with Gasteiger partial charge in [-0.2, -0.15) is 0 Å². The fraction of sp³-hybridized carbons (Fsp3) is 0.571. The minimum Gasteiger partial charge on any atom is -0.351 e. The molecular formula is C14H23ClN4O4. The number of urea groups is 1. The molecule has 8 nitrogen and oxygen atoms in total. The van der Waals surface area contributed by atoms with Gasteiger partial charge in [-0.25, -0.2) is 9.69 Å². The van der Waals surface area contributed by atoms with Gasteiger partial charge in [0.15, 0.2) is 0 Å². The van der Waals surface area contributed by atoms with Gasteiger partial charge in [-0.15, -0.1) is 19.0 Å². The lowest BCUT2D eigenvalue weighted by atomic mass is 10.0. The van der Waals surface area contributed by atoms with Crippen LogP contribution in [0.15, 0.2) is 12.7 Å². The van der Waals surface area contributed by atoms with Gasteiger partial charge in [0.25, 0.3) is 0 Å². The largest absolute Gasteiger partial charge is 0.351 e.